The fourth-order valence-corrected chi connectivity index (χ4v) is 3.20. The Hall–Kier alpha value is -2.93. The van der Waals surface area contributed by atoms with Crippen LogP contribution < -0.4 is 10.0 Å². The third-order valence-electron chi connectivity index (χ3n) is 3.28. The Bertz CT molecular complexity index is 1050. The Kier molecular flexibility index (Phi) is 7.12. The number of terminal acetylenes is 1. The maximum Gasteiger partial charge on any atom is 0.338 e. The topological polar surface area (TPSA) is 102 Å². The van der Waals surface area contributed by atoms with E-state index in [1.807, 2.05) is 0 Å². The molecule has 0 fully saturated rings. The molecule has 0 spiro atoms. The van der Waals surface area contributed by atoms with Crippen molar-refractivity contribution in [1.29, 1.82) is 0 Å². The molecular weight excluding hydrogens is 411 g/mol. The molecule has 0 radical (unpaired) electrons. The molecule has 0 saturated heterocycles. The van der Waals surface area contributed by atoms with Crippen molar-refractivity contribution in [3.63, 3.8) is 0 Å². The van der Waals surface area contributed by atoms with E-state index in [9.17, 15) is 22.4 Å². The molecule has 0 heterocycles. The highest BCUT2D eigenvalue weighted by atomic mass is 35.5. The predicted molar refractivity (Wildman–Crippen MR) is 101 cm³/mol. The molecule has 0 saturated carbocycles. The Balaban J connectivity index is 2.00. The number of carbonyl (C=O) groups excluding carboxylic acids is 2. The van der Waals surface area contributed by atoms with E-state index in [1.54, 1.807) is 0 Å². The lowest BCUT2D eigenvalue weighted by Gasteiger charge is -2.09. The summed E-state index contributed by atoms with van der Waals surface area (Å²) in [6.07, 6.45) is 5.02. The van der Waals surface area contributed by atoms with Crippen molar-refractivity contribution in [2.45, 2.75) is 4.90 Å². The summed E-state index contributed by atoms with van der Waals surface area (Å²) < 4.78 is 44.1. The standard InChI is InChI=1S/C18H14ClFN2O5S/c1-2-8-21-28(25,26)14-5-3-4-12(9-14)18(24)27-11-17(23)22-16-7-6-13(20)10-15(16)19/h1,3-7,9-10,21H,8,11H2,(H,22,23). The first kappa shape index (κ1) is 21.4. The van der Waals surface area contributed by atoms with E-state index in [0.29, 0.717) is 0 Å². The van der Waals surface area contributed by atoms with Crippen LogP contribution in [0.5, 0.6) is 0 Å². The van der Waals surface area contributed by atoms with E-state index in [2.05, 4.69) is 16.0 Å². The molecule has 10 heteroatoms. The molecule has 2 N–H and O–H groups in total. The quantitative estimate of drug-likeness (QED) is 0.524. The molecule has 0 aromatic heterocycles. The van der Waals surface area contributed by atoms with Crippen molar-refractivity contribution >= 4 is 39.2 Å². The van der Waals surface area contributed by atoms with Gasteiger partial charge in [0.05, 0.1) is 27.7 Å². The van der Waals surface area contributed by atoms with Crippen LogP contribution in [0.2, 0.25) is 5.02 Å². The second kappa shape index (κ2) is 9.32. The summed E-state index contributed by atoms with van der Waals surface area (Å²) in [6, 6.07) is 8.43. The molecule has 2 rings (SSSR count). The number of hydrogen-bond donors (Lipinski definition) is 2. The minimum Gasteiger partial charge on any atom is -0.452 e. The van der Waals surface area contributed by atoms with Crippen molar-refractivity contribution in [2.75, 3.05) is 18.5 Å². The first-order chi connectivity index (χ1) is 13.2. The summed E-state index contributed by atoms with van der Waals surface area (Å²) in [7, 11) is -3.88. The number of nitrogens with one attached hydrogen (secondary N) is 2. The second-order valence-electron chi connectivity index (χ2n) is 5.30. The first-order valence-electron chi connectivity index (χ1n) is 7.68. The zero-order valence-corrected chi connectivity index (χ0v) is 15.8. The number of ether oxygens (including phenoxy) is 1. The van der Waals surface area contributed by atoms with Gasteiger partial charge in [0.1, 0.15) is 5.82 Å². The van der Waals surface area contributed by atoms with Gasteiger partial charge in [0.25, 0.3) is 5.91 Å². The summed E-state index contributed by atoms with van der Waals surface area (Å²) in [4.78, 5) is 23.8. The Morgan fingerprint density at radius 2 is 1.96 bits per heavy atom. The van der Waals surface area contributed by atoms with Crippen LogP contribution in [0, 0.1) is 18.2 Å². The van der Waals surface area contributed by atoms with Gasteiger partial charge in [-0.3, -0.25) is 4.79 Å². The van der Waals surface area contributed by atoms with E-state index in [4.69, 9.17) is 22.8 Å². The van der Waals surface area contributed by atoms with Crippen molar-refractivity contribution in [2.24, 2.45) is 0 Å². The molecule has 2 aromatic carbocycles. The SMILES string of the molecule is C#CCNS(=O)(=O)c1cccc(C(=O)OCC(=O)Nc2ccc(F)cc2Cl)c1. The number of anilines is 1. The smallest absolute Gasteiger partial charge is 0.338 e. The third kappa shape index (κ3) is 5.79. The molecule has 0 aliphatic rings. The Labute approximate surface area is 165 Å². The fourth-order valence-electron chi connectivity index (χ4n) is 2.00. The van der Waals surface area contributed by atoms with Crippen molar-refractivity contribution in [1.82, 2.24) is 4.72 Å². The number of hydrogen-bond acceptors (Lipinski definition) is 5. The van der Waals surface area contributed by atoms with Gasteiger partial charge in [0, 0.05) is 0 Å². The normalized spacial score (nSPS) is 10.8. The molecular formula is C18H14ClFN2O5S. The second-order valence-corrected chi connectivity index (χ2v) is 7.48. The molecule has 0 aliphatic carbocycles. The third-order valence-corrected chi connectivity index (χ3v) is 5.00. The summed E-state index contributed by atoms with van der Waals surface area (Å²) in [5.41, 5.74) is 0.0768. The Morgan fingerprint density at radius 3 is 2.64 bits per heavy atom. The summed E-state index contributed by atoms with van der Waals surface area (Å²) in [5, 5.41) is 2.35. The van der Waals surface area contributed by atoms with E-state index in [0.717, 1.165) is 18.2 Å². The Morgan fingerprint density at radius 1 is 1.21 bits per heavy atom. The zero-order chi connectivity index (χ0) is 20.7. The zero-order valence-electron chi connectivity index (χ0n) is 14.2. The van der Waals surface area contributed by atoms with Crippen LogP contribution in [0.4, 0.5) is 10.1 Å². The lowest BCUT2D eigenvalue weighted by Crippen LogP contribution is -2.24. The number of sulfonamides is 1. The van der Waals surface area contributed by atoms with Gasteiger partial charge in [-0.15, -0.1) is 6.42 Å². The summed E-state index contributed by atoms with van der Waals surface area (Å²) in [5.74, 6) is -0.0495. The number of carbonyl (C=O) groups is 2. The van der Waals surface area contributed by atoms with Gasteiger partial charge in [-0.05, 0) is 36.4 Å². The van der Waals surface area contributed by atoms with E-state index in [1.165, 1.54) is 24.3 Å². The van der Waals surface area contributed by atoms with E-state index in [-0.39, 0.29) is 27.7 Å². The van der Waals surface area contributed by atoms with Gasteiger partial charge < -0.3 is 10.1 Å². The van der Waals surface area contributed by atoms with Crippen LogP contribution in [-0.4, -0.2) is 33.4 Å². The molecule has 0 atom stereocenters. The van der Waals surface area contributed by atoms with Gasteiger partial charge in [-0.2, -0.15) is 4.72 Å². The predicted octanol–water partition coefficient (Wildman–Crippen LogP) is 2.19. The number of amides is 1. The lowest BCUT2D eigenvalue weighted by molar-refractivity contribution is -0.119. The average molecular weight is 425 g/mol. The van der Waals surface area contributed by atoms with Crippen LogP contribution in [-0.2, 0) is 19.6 Å². The molecule has 0 aliphatic heterocycles. The maximum atomic E-state index is 13.0. The van der Waals surface area contributed by atoms with Gasteiger partial charge >= 0.3 is 5.97 Å². The molecule has 146 valence electrons. The lowest BCUT2D eigenvalue weighted by atomic mass is 10.2. The first-order valence-corrected chi connectivity index (χ1v) is 9.54. The number of benzene rings is 2. The van der Waals surface area contributed by atoms with Crippen LogP contribution >= 0.6 is 11.6 Å². The minimum atomic E-state index is -3.88. The molecule has 0 bridgehead atoms. The van der Waals surface area contributed by atoms with Gasteiger partial charge in [0.15, 0.2) is 6.61 Å². The van der Waals surface area contributed by atoms with E-state index < -0.39 is 34.3 Å². The maximum absolute atomic E-state index is 13.0. The molecule has 28 heavy (non-hydrogen) atoms. The largest absolute Gasteiger partial charge is 0.452 e. The minimum absolute atomic E-state index is 0.0166. The van der Waals surface area contributed by atoms with Gasteiger partial charge in [-0.25, -0.2) is 17.6 Å². The molecule has 1 amide bonds. The van der Waals surface area contributed by atoms with Gasteiger partial charge in [0.2, 0.25) is 10.0 Å². The van der Waals surface area contributed by atoms with Crippen LogP contribution in [0.15, 0.2) is 47.4 Å². The summed E-state index contributed by atoms with van der Waals surface area (Å²) >= 11 is 5.79. The molecule has 7 nitrogen and oxygen atoms in total. The molecule has 2 aromatic rings. The highest BCUT2D eigenvalue weighted by Crippen LogP contribution is 2.22. The van der Waals surface area contributed by atoms with Crippen molar-refractivity contribution < 1.29 is 27.1 Å². The summed E-state index contributed by atoms with van der Waals surface area (Å²) in [6.45, 7) is -0.859. The number of esters is 1. The molecule has 0 unspecified atom stereocenters. The van der Waals surface area contributed by atoms with Crippen molar-refractivity contribution in [3.05, 3.63) is 58.9 Å². The average Bonchev–Trinajstić information content (AvgIpc) is 2.67. The number of rotatable bonds is 7. The van der Waals surface area contributed by atoms with Crippen LogP contribution in [0.25, 0.3) is 0 Å². The highest BCUT2D eigenvalue weighted by molar-refractivity contribution is 7.89. The monoisotopic (exact) mass is 424 g/mol. The van der Waals surface area contributed by atoms with Crippen LogP contribution in [0.3, 0.4) is 0 Å². The van der Waals surface area contributed by atoms with Crippen molar-refractivity contribution in [3.8, 4) is 12.3 Å². The van der Waals surface area contributed by atoms with E-state index >= 15 is 0 Å². The fraction of sp³-hybridized carbons (Fsp3) is 0.111. The number of halogens is 2. The van der Waals surface area contributed by atoms with Crippen LogP contribution in [0.1, 0.15) is 10.4 Å². The highest BCUT2D eigenvalue weighted by Gasteiger charge is 2.17. The van der Waals surface area contributed by atoms with Gasteiger partial charge in [-0.1, -0.05) is 23.6 Å².